The van der Waals surface area contributed by atoms with Crippen LogP contribution in [0.2, 0.25) is 0 Å². The van der Waals surface area contributed by atoms with Gasteiger partial charge in [0.05, 0.1) is 31.6 Å². The van der Waals surface area contributed by atoms with Crippen molar-refractivity contribution in [3.05, 3.63) is 47.7 Å². The van der Waals surface area contributed by atoms with Crippen molar-refractivity contribution < 1.29 is 18.3 Å². The van der Waals surface area contributed by atoms with Crippen LogP contribution in [0, 0.1) is 5.82 Å². The average Bonchev–Trinajstić information content (AvgIpc) is 2.91. The maximum Gasteiger partial charge on any atom is 0.163 e. The number of hydrogen-bond acceptors (Lipinski definition) is 3. The van der Waals surface area contributed by atoms with E-state index in [1.807, 2.05) is 0 Å². The van der Waals surface area contributed by atoms with E-state index in [9.17, 15) is 4.39 Å². The highest BCUT2D eigenvalue weighted by Gasteiger charge is 2.19. The molecule has 1 aromatic carbocycles. The van der Waals surface area contributed by atoms with Crippen LogP contribution in [-0.2, 0) is 0 Å². The van der Waals surface area contributed by atoms with Gasteiger partial charge < -0.3 is 13.9 Å². The molecule has 2 rings (SSSR count). The minimum atomic E-state index is -0.365. The molecule has 0 aliphatic carbocycles. The third kappa shape index (κ3) is 2.36. The summed E-state index contributed by atoms with van der Waals surface area (Å²) in [7, 11) is 2.99. The number of ether oxygens (including phenoxy) is 2. The lowest BCUT2D eigenvalue weighted by atomic mass is 10.1. The van der Waals surface area contributed by atoms with Crippen LogP contribution in [0.1, 0.15) is 16.0 Å². The van der Waals surface area contributed by atoms with Crippen molar-refractivity contribution in [3.63, 3.8) is 0 Å². The molecule has 0 aliphatic heterocycles. The first-order valence-electron chi connectivity index (χ1n) is 5.25. The minimum Gasteiger partial charge on any atom is -0.493 e. The Morgan fingerprint density at radius 1 is 1.22 bits per heavy atom. The van der Waals surface area contributed by atoms with Gasteiger partial charge in [0.15, 0.2) is 11.5 Å². The molecule has 0 N–H and O–H groups in total. The van der Waals surface area contributed by atoms with Crippen LogP contribution in [0.3, 0.4) is 0 Å². The molecular formula is C13H12BrFO3. The SMILES string of the molecule is COc1cc(F)c(C(Br)c2ccoc2)cc1OC. The van der Waals surface area contributed by atoms with Gasteiger partial charge in [-0.3, -0.25) is 0 Å². The predicted molar refractivity (Wildman–Crippen MR) is 69.0 cm³/mol. The van der Waals surface area contributed by atoms with Crippen molar-refractivity contribution >= 4 is 15.9 Å². The van der Waals surface area contributed by atoms with Crippen LogP contribution in [0.15, 0.2) is 35.1 Å². The normalized spacial score (nSPS) is 12.2. The molecule has 0 saturated heterocycles. The van der Waals surface area contributed by atoms with E-state index in [4.69, 9.17) is 13.9 Å². The fraction of sp³-hybridized carbons (Fsp3) is 0.231. The largest absolute Gasteiger partial charge is 0.493 e. The highest BCUT2D eigenvalue weighted by molar-refractivity contribution is 9.09. The van der Waals surface area contributed by atoms with Gasteiger partial charge in [-0.15, -0.1) is 0 Å². The Bertz CT molecular complexity index is 525. The smallest absolute Gasteiger partial charge is 0.163 e. The number of halogens is 2. The highest BCUT2D eigenvalue weighted by atomic mass is 79.9. The van der Waals surface area contributed by atoms with E-state index in [0.29, 0.717) is 17.1 Å². The summed E-state index contributed by atoms with van der Waals surface area (Å²) in [5.41, 5.74) is 1.30. The third-order valence-corrected chi connectivity index (χ3v) is 3.63. The van der Waals surface area contributed by atoms with Crippen LogP contribution in [0.4, 0.5) is 4.39 Å². The maximum atomic E-state index is 14.0. The fourth-order valence-electron chi connectivity index (χ4n) is 1.66. The monoisotopic (exact) mass is 314 g/mol. The van der Waals surface area contributed by atoms with E-state index in [-0.39, 0.29) is 10.6 Å². The number of benzene rings is 1. The van der Waals surface area contributed by atoms with Crippen molar-refractivity contribution in [3.8, 4) is 11.5 Å². The zero-order valence-corrected chi connectivity index (χ0v) is 11.5. The van der Waals surface area contributed by atoms with Gasteiger partial charge in [-0.2, -0.15) is 0 Å². The van der Waals surface area contributed by atoms with E-state index in [2.05, 4.69) is 15.9 Å². The van der Waals surface area contributed by atoms with Gasteiger partial charge >= 0.3 is 0 Å². The molecule has 18 heavy (non-hydrogen) atoms. The van der Waals surface area contributed by atoms with Crippen molar-refractivity contribution in [2.75, 3.05) is 14.2 Å². The van der Waals surface area contributed by atoms with Crippen molar-refractivity contribution in [1.82, 2.24) is 0 Å². The number of alkyl halides is 1. The summed E-state index contributed by atoms with van der Waals surface area (Å²) in [5.74, 6) is 0.489. The molecular weight excluding hydrogens is 303 g/mol. The van der Waals surface area contributed by atoms with Crippen LogP contribution in [0.25, 0.3) is 0 Å². The lowest BCUT2D eigenvalue weighted by Gasteiger charge is -2.14. The Labute approximate surface area is 113 Å². The number of hydrogen-bond donors (Lipinski definition) is 0. The summed E-state index contributed by atoms with van der Waals surface area (Å²) in [6, 6.07) is 4.69. The Hall–Kier alpha value is -1.49. The molecule has 1 heterocycles. The van der Waals surface area contributed by atoms with E-state index >= 15 is 0 Å². The maximum absolute atomic E-state index is 14.0. The van der Waals surface area contributed by atoms with Gasteiger partial charge in [0.1, 0.15) is 5.82 Å². The predicted octanol–water partition coefficient (Wildman–Crippen LogP) is 3.92. The molecule has 1 unspecified atom stereocenters. The Morgan fingerprint density at radius 2 is 1.89 bits per heavy atom. The lowest BCUT2D eigenvalue weighted by molar-refractivity contribution is 0.351. The molecule has 1 aromatic heterocycles. The van der Waals surface area contributed by atoms with Crippen LogP contribution >= 0.6 is 15.9 Å². The van der Waals surface area contributed by atoms with Gasteiger partial charge in [-0.05, 0) is 12.1 Å². The first-order chi connectivity index (χ1) is 8.67. The Balaban J connectivity index is 2.45. The van der Waals surface area contributed by atoms with Gasteiger partial charge in [0.25, 0.3) is 0 Å². The third-order valence-electron chi connectivity index (χ3n) is 2.61. The quantitative estimate of drug-likeness (QED) is 0.802. The summed E-state index contributed by atoms with van der Waals surface area (Å²) in [6.07, 6.45) is 3.11. The molecule has 0 saturated carbocycles. The molecule has 0 amide bonds. The second-order valence-electron chi connectivity index (χ2n) is 3.65. The molecule has 0 fully saturated rings. The number of rotatable bonds is 4. The van der Waals surface area contributed by atoms with Crippen LogP contribution in [-0.4, -0.2) is 14.2 Å². The van der Waals surface area contributed by atoms with Crippen molar-refractivity contribution in [1.29, 1.82) is 0 Å². The van der Waals surface area contributed by atoms with Crippen LogP contribution in [0.5, 0.6) is 11.5 Å². The van der Waals surface area contributed by atoms with E-state index in [1.54, 1.807) is 24.7 Å². The second-order valence-corrected chi connectivity index (χ2v) is 4.56. The lowest BCUT2D eigenvalue weighted by Crippen LogP contribution is -1.99. The van der Waals surface area contributed by atoms with E-state index in [1.165, 1.54) is 20.3 Å². The minimum absolute atomic E-state index is 0.295. The van der Waals surface area contributed by atoms with Gasteiger partial charge in [-0.25, -0.2) is 4.39 Å². The van der Waals surface area contributed by atoms with Crippen molar-refractivity contribution in [2.24, 2.45) is 0 Å². The van der Waals surface area contributed by atoms with Gasteiger partial charge in [0, 0.05) is 17.2 Å². The second kappa shape index (κ2) is 5.44. The molecule has 2 aromatic rings. The highest BCUT2D eigenvalue weighted by Crippen LogP contribution is 2.38. The first-order valence-corrected chi connectivity index (χ1v) is 6.16. The standard InChI is InChI=1S/C13H12BrFO3/c1-16-11-5-9(10(15)6-12(11)17-2)13(14)8-3-4-18-7-8/h3-7,13H,1-2H3. The summed E-state index contributed by atoms with van der Waals surface area (Å²) >= 11 is 3.44. The summed E-state index contributed by atoms with van der Waals surface area (Å²) in [5, 5.41) is 0. The molecule has 0 aliphatic rings. The summed E-state index contributed by atoms with van der Waals surface area (Å²) < 4.78 is 29.2. The Kier molecular flexibility index (Phi) is 3.91. The summed E-state index contributed by atoms with van der Waals surface area (Å²) in [4.78, 5) is -0.295. The average molecular weight is 315 g/mol. The molecule has 3 nitrogen and oxygen atoms in total. The van der Waals surface area contributed by atoms with Crippen LogP contribution < -0.4 is 9.47 Å². The first kappa shape index (κ1) is 13.0. The fourth-order valence-corrected chi connectivity index (χ4v) is 2.27. The number of methoxy groups -OCH3 is 2. The Morgan fingerprint density at radius 3 is 2.44 bits per heavy atom. The summed E-state index contributed by atoms with van der Waals surface area (Å²) in [6.45, 7) is 0. The molecule has 1 atom stereocenters. The zero-order chi connectivity index (χ0) is 13.1. The number of furan rings is 1. The van der Waals surface area contributed by atoms with Gasteiger partial charge in [0.2, 0.25) is 0 Å². The van der Waals surface area contributed by atoms with Crippen molar-refractivity contribution in [2.45, 2.75) is 4.83 Å². The molecule has 0 bridgehead atoms. The van der Waals surface area contributed by atoms with E-state index < -0.39 is 0 Å². The molecule has 5 heteroatoms. The molecule has 0 spiro atoms. The van der Waals surface area contributed by atoms with E-state index in [0.717, 1.165) is 5.56 Å². The zero-order valence-electron chi connectivity index (χ0n) is 9.94. The van der Waals surface area contributed by atoms with Gasteiger partial charge in [-0.1, -0.05) is 15.9 Å². The molecule has 96 valence electrons. The molecule has 0 radical (unpaired) electrons. The topological polar surface area (TPSA) is 31.6 Å².